The summed E-state index contributed by atoms with van der Waals surface area (Å²) < 4.78 is 23.1. The minimum absolute atomic E-state index is 0.323. The zero-order valence-corrected chi connectivity index (χ0v) is 14.3. The number of benzene rings is 2. The summed E-state index contributed by atoms with van der Waals surface area (Å²) in [5.74, 6) is -0.822. The lowest BCUT2D eigenvalue weighted by Gasteiger charge is -2.13. The van der Waals surface area contributed by atoms with E-state index in [2.05, 4.69) is 10.6 Å². The van der Waals surface area contributed by atoms with Crippen LogP contribution in [0.1, 0.15) is 6.42 Å². The van der Waals surface area contributed by atoms with Crippen LogP contribution in [0.15, 0.2) is 36.4 Å². The van der Waals surface area contributed by atoms with E-state index in [9.17, 15) is 14.0 Å². The Morgan fingerprint density at radius 2 is 1.60 bits per heavy atom. The molecule has 0 aromatic heterocycles. The zero-order chi connectivity index (χ0) is 18.4. The van der Waals surface area contributed by atoms with Crippen molar-refractivity contribution in [2.75, 3.05) is 24.9 Å². The Morgan fingerprint density at radius 3 is 2.20 bits per heavy atom. The molecule has 0 saturated heterocycles. The molecule has 0 fully saturated rings. The molecule has 0 saturated carbocycles. The van der Waals surface area contributed by atoms with Gasteiger partial charge in [-0.15, -0.1) is 0 Å². The summed E-state index contributed by atoms with van der Waals surface area (Å²) in [4.78, 5) is 23.9. The number of carbonyl (C=O) groups excluding carboxylic acids is 2. The third kappa shape index (κ3) is 5.09. The van der Waals surface area contributed by atoms with E-state index in [1.165, 1.54) is 50.6 Å². The lowest BCUT2D eigenvalue weighted by molar-refractivity contribution is -0.123. The van der Waals surface area contributed by atoms with Gasteiger partial charge in [0.2, 0.25) is 11.8 Å². The van der Waals surface area contributed by atoms with Gasteiger partial charge in [-0.25, -0.2) is 4.39 Å². The van der Waals surface area contributed by atoms with Crippen LogP contribution >= 0.6 is 11.6 Å². The van der Waals surface area contributed by atoms with Crippen LogP contribution in [0.25, 0.3) is 0 Å². The molecular weight excluding hydrogens is 351 g/mol. The lowest BCUT2D eigenvalue weighted by Crippen LogP contribution is -2.21. The van der Waals surface area contributed by atoms with Gasteiger partial charge in [-0.05, 0) is 24.3 Å². The average Bonchev–Trinajstić information content (AvgIpc) is 2.57. The quantitative estimate of drug-likeness (QED) is 0.767. The van der Waals surface area contributed by atoms with Crippen molar-refractivity contribution in [1.29, 1.82) is 0 Å². The van der Waals surface area contributed by atoms with Crippen molar-refractivity contribution >= 4 is 34.8 Å². The largest absolute Gasteiger partial charge is 0.495 e. The van der Waals surface area contributed by atoms with Gasteiger partial charge in [0.25, 0.3) is 0 Å². The first-order valence-corrected chi connectivity index (χ1v) is 7.57. The van der Waals surface area contributed by atoms with Crippen LogP contribution in [0.5, 0.6) is 11.5 Å². The molecule has 2 rings (SSSR count). The Balaban J connectivity index is 2.02. The highest BCUT2D eigenvalue weighted by Gasteiger charge is 2.15. The Kier molecular flexibility index (Phi) is 6.19. The third-order valence-corrected chi connectivity index (χ3v) is 3.49. The van der Waals surface area contributed by atoms with Crippen LogP contribution in [0.3, 0.4) is 0 Å². The highest BCUT2D eigenvalue weighted by Crippen LogP contribution is 2.35. The number of rotatable bonds is 6. The van der Waals surface area contributed by atoms with E-state index in [0.29, 0.717) is 27.9 Å². The van der Waals surface area contributed by atoms with E-state index in [1.807, 2.05) is 0 Å². The van der Waals surface area contributed by atoms with Gasteiger partial charge in [-0.1, -0.05) is 11.6 Å². The van der Waals surface area contributed by atoms with Gasteiger partial charge >= 0.3 is 0 Å². The summed E-state index contributed by atoms with van der Waals surface area (Å²) >= 11 is 5.99. The van der Waals surface area contributed by atoms with E-state index < -0.39 is 24.1 Å². The SMILES string of the molecule is COc1cc(NC(=O)CC(=O)Nc2ccc(F)cc2)c(OC)cc1Cl. The molecule has 2 aromatic carbocycles. The van der Waals surface area contributed by atoms with Gasteiger partial charge in [0.15, 0.2) is 0 Å². The van der Waals surface area contributed by atoms with Crippen molar-refractivity contribution in [3.05, 3.63) is 47.2 Å². The second-order valence-electron chi connectivity index (χ2n) is 4.97. The van der Waals surface area contributed by atoms with Crippen LogP contribution in [-0.4, -0.2) is 26.0 Å². The maximum absolute atomic E-state index is 12.8. The number of anilines is 2. The average molecular weight is 367 g/mol. The first-order valence-electron chi connectivity index (χ1n) is 7.19. The van der Waals surface area contributed by atoms with Crippen molar-refractivity contribution in [2.45, 2.75) is 6.42 Å². The molecule has 2 aromatic rings. The number of carbonyl (C=O) groups is 2. The summed E-state index contributed by atoms with van der Waals surface area (Å²) in [6.07, 6.45) is -0.425. The third-order valence-electron chi connectivity index (χ3n) is 3.20. The monoisotopic (exact) mass is 366 g/mol. The number of hydrogen-bond acceptors (Lipinski definition) is 4. The summed E-state index contributed by atoms with van der Waals surface area (Å²) in [6, 6.07) is 8.21. The number of ether oxygens (including phenoxy) is 2. The predicted molar refractivity (Wildman–Crippen MR) is 92.8 cm³/mol. The molecule has 25 heavy (non-hydrogen) atoms. The molecule has 0 aliphatic rings. The van der Waals surface area contributed by atoms with Crippen LogP contribution in [0.4, 0.5) is 15.8 Å². The summed E-state index contributed by atoms with van der Waals surface area (Å²) in [6.45, 7) is 0. The molecule has 132 valence electrons. The van der Waals surface area contributed by atoms with Crippen LogP contribution in [-0.2, 0) is 9.59 Å². The molecule has 2 amide bonds. The van der Waals surface area contributed by atoms with Gasteiger partial charge in [-0.3, -0.25) is 9.59 Å². The summed E-state index contributed by atoms with van der Waals surface area (Å²) in [5.41, 5.74) is 0.716. The zero-order valence-electron chi connectivity index (χ0n) is 13.6. The van der Waals surface area contributed by atoms with Gasteiger partial charge in [0.1, 0.15) is 23.7 Å². The minimum atomic E-state index is -0.553. The number of methoxy groups -OCH3 is 2. The van der Waals surface area contributed by atoms with Gasteiger partial charge in [0.05, 0.1) is 24.9 Å². The Bertz CT molecular complexity index is 781. The smallest absolute Gasteiger partial charge is 0.233 e. The molecule has 0 unspecified atom stereocenters. The van der Waals surface area contributed by atoms with Crippen LogP contribution in [0.2, 0.25) is 5.02 Å². The van der Waals surface area contributed by atoms with E-state index in [-0.39, 0.29) is 0 Å². The van der Waals surface area contributed by atoms with Gasteiger partial charge in [0, 0.05) is 17.8 Å². The Labute approximate surface area is 148 Å². The molecule has 0 aliphatic heterocycles. The van der Waals surface area contributed by atoms with Crippen molar-refractivity contribution in [3.8, 4) is 11.5 Å². The van der Waals surface area contributed by atoms with E-state index in [4.69, 9.17) is 21.1 Å². The predicted octanol–water partition coefficient (Wildman–Crippen LogP) is 3.46. The first-order chi connectivity index (χ1) is 11.9. The second-order valence-corrected chi connectivity index (χ2v) is 5.37. The fourth-order valence-corrected chi connectivity index (χ4v) is 2.27. The van der Waals surface area contributed by atoms with Crippen molar-refractivity contribution in [2.24, 2.45) is 0 Å². The van der Waals surface area contributed by atoms with Crippen molar-refractivity contribution < 1.29 is 23.5 Å². The number of halogens is 2. The normalized spacial score (nSPS) is 10.1. The fraction of sp³-hybridized carbons (Fsp3) is 0.176. The molecule has 8 heteroatoms. The van der Waals surface area contributed by atoms with Crippen molar-refractivity contribution in [1.82, 2.24) is 0 Å². The molecular formula is C17H16ClFN2O4. The van der Waals surface area contributed by atoms with E-state index in [0.717, 1.165) is 0 Å². The first kappa shape index (κ1) is 18.5. The maximum Gasteiger partial charge on any atom is 0.233 e. The second kappa shape index (κ2) is 8.34. The Hall–Kier alpha value is -2.80. The standard InChI is InChI=1S/C17H16ClFN2O4/c1-24-14-8-13(15(25-2)7-12(14)18)21-17(23)9-16(22)20-11-5-3-10(19)4-6-11/h3-8H,9H2,1-2H3,(H,20,22)(H,21,23). The highest BCUT2D eigenvalue weighted by molar-refractivity contribution is 6.32. The minimum Gasteiger partial charge on any atom is -0.495 e. The topological polar surface area (TPSA) is 76.7 Å². The van der Waals surface area contributed by atoms with Crippen LogP contribution in [0, 0.1) is 5.82 Å². The maximum atomic E-state index is 12.8. The molecule has 0 spiro atoms. The van der Waals surface area contributed by atoms with E-state index in [1.54, 1.807) is 0 Å². The molecule has 0 bridgehead atoms. The fourth-order valence-electron chi connectivity index (χ4n) is 2.04. The highest BCUT2D eigenvalue weighted by atomic mass is 35.5. The molecule has 0 radical (unpaired) electrons. The number of hydrogen-bond donors (Lipinski definition) is 2. The molecule has 0 aliphatic carbocycles. The number of nitrogens with one attached hydrogen (secondary N) is 2. The molecule has 6 nitrogen and oxygen atoms in total. The number of amides is 2. The molecule has 0 heterocycles. The van der Waals surface area contributed by atoms with Crippen molar-refractivity contribution in [3.63, 3.8) is 0 Å². The molecule has 2 N–H and O–H groups in total. The summed E-state index contributed by atoms with van der Waals surface area (Å²) in [7, 11) is 2.87. The van der Waals surface area contributed by atoms with Crippen LogP contribution < -0.4 is 20.1 Å². The van der Waals surface area contributed by atoms with Gasteiger partial charge < -0.3 is 20.1 Å². The Morgan fingerprint density at radius 1 is 1.00 bits per heavy atom. The van der Waals surface area contributed by atoms with E-state index >= 15 is 0 Å². The lowest BCUT2D eigenvalue weighted by atomic mass is 10.2. The summed E-state index contributed by atoms with van der Waals surface area (Å²) in [5, 5.41) is 5.39. The molecule has 0 atom stereocenters. The van der Waals surface area contributed by atoms with Gasteiger partial charge in [-0.2, -0.15) is 0 Å².